The minimum atomic E-state index is -0.227. The van der Waals surface area contributed by atoms with Crippen LogP contribution in [-0.4, -0.2) is 37.3 Å². The van der Waals surface area contributed by atoms with E-state index in [0.29, 0.717) is 17.1 Å². The molecule has 0 radical (unpaired) electrons. The number of allylic oxidation sites excluding steroid dienone is 2. The second kappa shape index (κ2) is 5.19. The third-order valence-corrected chi connectivity index (χ3v) is 6.58. The number of benzene rings is 1. The Morgan fingerprint density at radius 2 is 1.73 bits per heavy atom. The summed E-state index contributed by atoms with van der Waals surface area (Å²) in [7, 11) is 3.14. The van der Waals surface area contributed by atoms with Gasteiger partial charge in [0.15, 0.2) is 0 Å². The van der Waals surface area contributed by atoms with E-state index in [1.165, 1.54) is 6.21 Å². The lowest BCUT2D eigenvalue weighted by molar-refractivity contribution is -0.141. The van der Waals surface area contributed by atoms with Crippen molar-refractivity contribution >= 4 is 18.0 Å². The van der Waals surface area contributed by atoms with E-state index in [2.05, 4.69) is 17.3 Å². The summed E-state index contributed by atoms with van der Waals surface area (Å²) in [6.45, 7) is 0. The Hall–Kier alpha value is -2.63. The van der Waals surface area contributed by atoms with Crippen LogP contribution in [0.3, 0.4) is 0 Å². The third-order valence-electron chi connectivity index (χ3n) is 6.58. The van der Waals surface area contributed by atoms with Gasteiger partial charge in [-0.2, -0.15) is 10.1 Å². The van der Waals surface area contributed by atoms with Gasteiger partial charge in [0.1, 0.15) is 11.5 Å². The molecule has 0 N–H and O–H groups in total. The summed E-state index contributed by atoms with van der Waals surface area (Å²) in [5.41, 5.74) is 0.890. The van der Waals surface area contributed by atoms with Gasteiger partial charge in [-0.25, -0.2) is 0 Å². The number of imide groups is 1. The highest BCUT2D eigenvalue weighted by atomic mass is 16.5. The van der Waals surface area contributed by atoms with Gasteiger partial charge in [-0.15, -0.1) is 0 Å². The molecule has 4 atom stereocenters. The van der Waals surface area contributed by atoms with Crippen LogP contribution in [0.25, 0.3) is 0 Å². The predicted octanol–water partition coefficient (Wildman–Crippen LogP) is 2.23. The highest BCUT2D eigenvalue weighted by molar-refractivity contribution is 6.07. The molecule has 3 fully saturated rings. The summed E-state index contributed by atoms with van der Waals surface area (Å²) >= 11 is 0. The molecule has 1 saturated heterocycles. The van der Waals surface area contributed by atoms with Crippen LogP contribution in [0.1, 0.15) is 18.4 Å². The van der Waals surface area contributed by atoms with Gasteiger partial charge in [-0.3, -0.25) is 9.59 Å². The van der Waals surface area contributed by atoms with E-state index < -0.39 is 0 Å². The molecule has 1 aromatic carbocycles. The largest absolute Gasteiger partial charge is 0.497 e. The minimum Gasteiger partial charge on any atom is -0.497 e. The van der Waals surface area contributed by atoms with E-state index in [0.717, 1.165) is 17.9 Å². The zero-order valence-electron chi connectivity index (χ0n) is 14.7. The summed E-state index contributed by atoms with van der Waals surface area (Å²) in [6.07, 6.45) is 8.09. The topological polar surface area (TPSA) is 68.2 Å². The van der Waals surface area contributed by atoms with E-state index in [4.69, 9.17) is 9.47 Å². The summed E-state index contributed by atoms with van der Waals surface area (Å²) in [5, 5.41) is 5.30. The molecule has 0 unspecified atom stereocenters. The van der Waals surface area contributed by atoms with Gasteiger partial charge >= 0.3 is 0 Å². The molecule has 26 heavy (non-hydrogen) atoms. The Labute approximate surface area is 151 Å². The van der Waals surface area contributed by atoms with Crippen LogP contribution in [-0.2, 0) is 9.59 Å². The van der Waals surface area contributed by atoms with E-state index in [1.54, 1.807) is 32.4 Å². The summed E-state index contributed by atoms with van der Waals surface area (Å²) in [5.74, 6) is 0.892. The molecule has 1 heterocycles. The predicted molar refractivity (Wildman–Crippen MR) is 93.8 cm³/mol. The summed E-state index contributed by atoms with van der Waals surface area (Å²) in [6, 6.07) is 5.31. The van der Waals surface area contributed by atoms with Crippen molar-refractivity contribution in [3.05, 3.63) is 35.9 Å². The number of methoxy groups -OCH3 is 2. The Kier molecular flexibility index (Phi) is 3.12. The lowest BCUT2D eigenvalue weighted by atomic mass is 9.85. The number of hydrazone groups is 1. The number of nitrogens with zero attached hydrogens (tertiary/aromatic N) is 2. The number of fused-ring (bicyclic) bond motifs is 3. The molecule has 6 heteroatoms. The van der Waals surface area contributed by atoms with Crippen LogP contribution in [0, 0.1) is 29.1 Å². The van der Waals surface area contributed by atoms with Crippen LogP contribution >= 0.6 is 0 Å². The monoisotopic (exact) mass is 352 g/mol. The molecule has 4 aliphatic rings. The van der Waals surface area contributed by atoms with Crippen molar-refractivity contribution in [3.63, 3.8) is 0 Å². The van der Waals surface area contributed by atoms with Gasteiger partial charge < -0.3 is 9.47 Å². The molecule has 2 saturated carbocycles. The van der Waals surface area contributed by atoms with Crippen molar-refractivity contribution in [2.75, 3.05) is 14.2 Å². The fourth-order valence-electron chi connectivity index (χ4n) is 5.22. The van der Waals surface area contributed by atoms with Gasteiger partial charge in [0.25, 0.3) is 11.8 Å². The number of carbonyl (C=O) groups excluding carboxylic acids is 2. The van der Waals surface area contributed by atoms with E-state index >= 15 is 0 Å². The Balaban J connectivity index is 1.42. The molecule has 2 bridgehead atoms. The fraction of sp³-hybridized carbons (Fsp3) is 0.450. The lowest BCUT2D eigenvalue weighted by Gasteiger charge is -2.18. The molecule has 0 aromatic heterocycles. The molecular weight excluding hydrogens is 332 g/mol. The van der Waals surface area contributed by atoms with Crippen molar-refractivity contribution in [1.29, 1.82) is 0 Å². The quantitative estimate of drug-likeness (QED) is 0.473. The Morgan fingerprint density at radius 1 is 1.08 bits per heavy atom. The van der Waals surface area contributed by atoms with Crippen LogP contribution in [0.2, 0.25) is 0 Å². The van der Waals surface area contributed by atoms with Gasteiger partial charge in [0.2, 0.25) is 0 Å². The molecule has 134 valence electrons. The maximum Gasteiger partial charge on any atom is 0.254 e. The van der Waals surface area contributed by atoms with Gasteiger partial charge in [0, 0.05) is 11.6 Å². The van der Waals surface area contributed by atoms with Crippen LogP contribution in [0.4, 0.5) is 0 Å². The Bertz CT molecular complexity index is 837. The molecule has 1 aromatic rings. The molecule has 1 aliphatic heterocycles. The molecular formula is C20H20N2O4. The number of amides is 2. The average molecular weight is 352 g/mol. The lowest BCUT2D eigenvalue weighted by Crippen LogP contribution is -2.30. The second-order valence-electron chi connectivity index (χ2n) is 7.56. The van der Waals surface area contributed by atoms with Crippen molar-refractivity contribution in [3.8, 4) is 11.5 Å². The first-order valence-electron chi connectivity index (χ1n) is 8.93. The maximum absolute atomic E-state index is 12.9. The zero-order chi connectivity index (χ0) is 18.1. The highest BCUT2D eigenvalue weighted by Gasteiger charge is 2.73. The SMILES string of the molecule is COc1ccc(/C=N\N2C(=O)[C@@H]3[C@H](C2=O)[C@H]2C=C[C@H]3C23CC3)c(OC)c1. The highest BCUT2D eigenvalue weighted by Crippen LogP contribution is 2.73. The van der Waals surface area contributed by atoms with Crippen molar-refractivity contribution < 1.29 is 19.1 Å². The third kappa shape index (κ3) is 1.84. The maximum atomic E-state index is 12.9. The average Bonchev–Trinajstić information content (AvgIpc) is 3.26. The number of rotatable bonds is 4. The van der Waals surface area contributed by atoms with E-state index in [1.807, 2.05) is 0 Å². The number of carbonyl (C=O) groups is 2. The van der Waals surface area contributed by atoms with E-state index in [-0.39, 0.29) is 40.9 Å². The zero-order valence-corrected chi connectivity index (χ0v) is 14.7. The van der Waals surface area contributed by atoms with Crippen LogP contribution in [0.5, 0.6) is 11.5 Å². The number of hydrogen-bond acceptors (Lipinski definition) is 5. The minimum absolute atomic E-state index is 0.160. The number of ether oxygens (including phenoxy) is 2. The normalized spacial score (nSPS) is 32.8. The fourth-order valence-corrected chi connectivity index (χ4v) is 5.22. The van der Waals surface area contributed by atoms with Gasteiger partial charge in [-0.1, -0.05) is 12.2 Å². The first-order valence-corrected chi connectivity index (χ1v) is 8.93. The molecule has 6 nitrogen and oxygen atoms in total. The smallest absolute Gasteiger partial charge is 0.254 e. The molecule has 5 rings (SSSR count). The summed E-state index contributed by atoms with van der Waals surface area (Å²) in [4.78, 5) is 25.8. The van der Waals surface area contributed by atoms with Gasteiger partial charge in [0.05, 0.1) is 32.3 Å². The van der Waals surface area contributed by atoms with Crippen LogP contribution in [0.15, 0.2) is 35.5 Å². The molecule has 1 spiro atoms. The Morgan fingerprint density at radius 3 is 2.27 bits per heavy atom. The first-order chi connectivity index (χ1) is 12.6. The summed E-state index contributed by atoms with van der Waals surface area (Å²) < 4.78 is 10.5. The number of hydrogen-bond donors (Lipinski definition) is 0. The van der Waals surface area contributed by atoms with E-state index in [9.17, 15) is 9.59 Å². The molecule has 2 amide bonds. The first kappa shape index (κ1) is 15.6. The van der Waals surface area contributed by atoms with Crippen LogP contribution < -0.4 is 9.47 Å². The van der Waals surface area contributed by atoms with Gasteiger partial charge in [-0.05, 0) is 42.2 Å². The molecule has 3 aliphatic carbocycles. The van der Waals surface area contributed by atoms with Crippen molar-refractivity contribution in [2.45, 2.75) is 12.8 Å². The standard InChI is InChI=1S/C20H20N2O4/c1-25-12-4-3-11(15(9-12)26-2)10-21-22-18(23)16-13-5-6-14(17(16)19(22)24)20(13)7-8-20/h3-6,9-10,13-14,16-17H,7-8H2,1-2H3/b21-10-/t13-,14-,16-,17+/m1/s1. The van der Waals surface area contributed by atoms with Crippen molar-refractivity contribution in [1.82, 2.24) is 5.01 Å². The second-order valence-corrected chi connectivity index (χ2v) is 7.56. The van der Waals surface area contributed by atoms with Crippen molar-refractivity contribution in [2.24, 2.45) is 34.2 Å².